The maximum absolute atomic E-state index is 12.4. The van der Waals surface area contributed by atoms with Gasteiger partial charge in [-0.15, -0.1) is 0 Å². The summed E-state index contributed by atoms with van der Waals surface area (Å²) in [7, 11) is 2.76. The molecule has 110 valence electrons. The average molecular weight is 281 g/mol. The first-order valence-electron chi connectivity index (χ1n) is 6.29. The highest BCUT2D eigenvalue weighted by molar-refractivity contribution is 6.07. The maximum atomic E-state index is 12.4. The van der Waals surface area contributed by atoms with Crippen LogP contribution in [0.15, 0.2) is 12.1 Å². The summed E-state index contributed by atoms with van der Waals surface area (Å²) in [5, 5.41) is 9.37. The van der Waals surface area contributed by atoms with Gasteiger partial charge in [0, 0.05) is 13.1 Å². The molecule has 0 aliphatic heterocycles. The predicted molar refractivity (Wildman–Crippen MR) is 73.8 cm³/mol. The number of benzene rings is 1. The van der Waals surface area contributed by atoms with Gasteiger partial charge in [0.15, 0.2) is 11.5 Å². The van der Waals surface area contributed by atoms with Crippen LogP contribution in [0.2, 0.25) is 0 Å². The van der Waals surface area contributed by atoms with Gasteiger partial charge in [-0.1, -0.05) is 0 Å². The number of methoxy groups -OCH3 is 2. The van der Waals surface area contributed by atoms with E-state index in [1.807, 2.05) is 13.8 Å². The average Bonchev–Trinajstić information content (AvgIpc) is 2.46. The molecule has 1 N–H and O–H groups in total. The first kappa shape index (κ1) is 15.8. The highest BCUT2D eigenvalue weighted by atomic mass is 16.5. The van der Waals surface area contributed by atoms with Gasteiger partial charge in [-0.3, -0.25) is 4.79 Å². The van der Waals surface area contributed by atoms with Gasteiger partial charge in [-0.25, -0.2) is 4.79 Å². The SMILES string of the molecule is CCN(CC)C(=O)c1ccc(OC)c(OC)c1C(=O)O. The molecule has 0 aliphatic rings. The number of aromatic carboxylic acids is 1. The van der Waals surface area contributed by atoms with Crippen LogP contribution in [0, 0.1) is 0 Å². The molecule has 1 aromatic carbocycles. The van der Waals surface area contributed by atoms with E-state index in [-0.39, 0.29) is 28.5 Å². The molecular formula is C14H19NO5. The molecule has 0 radical (unpaired) electrons. The van der Waals surface area contributed by atoms with Gasteiger partial charge < -0.3 is 19.5 Å². The van der Waals surface area contributed by atoms with Gasteiger partial charge in [0.2, 0.25) is 0 Å². The summed E-state index contributed by atoms with van der Waals surface area (Å²) in [6, 6.07) is 2.98. The smallest absolute Gasteiger partial charge is 0.340 e. The summed E-state index contributed by atoms with van der Waals surface area (Å²) in [5.74, 6) is -1.23. The van der Waals surface area contributed by atoms with Crippen molar-refractivity contribution in [2.45, 2.75) is 13.8 Å². The zero-order chi connectivity index (χ0) is 15.3. The summed E-state index contributed by atoms with van der Waals surface area (Å²) in [4.78, 5) is 25.4. The van der Waals surface area contributed by atoms with Crippen molar-refractivity contribution < 1.29 is 24.2 Å². The molecular weight excluding hydrogens is 262 g/mol. The van der Waals surface area contributed by atoms with Crippen molar-refractivity contribution in [3.63, 3.8) is 0 Å². The fourth-order valence-electron chi connectivity index (χ4n) is 2.00. The number of rotatable bonds is 6. The second-order valence-corrected chi connectivity index (χ2v) is 4.01. The van der Waals surface area contributed by atoms with E-state index in [1.54, 1.807) is 4.90 Å². The minimum absolute atomic E-state index is 0.0537. The van der Waals surface area contributed by atoms with Crippen molar-refractivity contribution in [3.05, 3.63) is 23.3 Å². The molecule has 0 atom stereocenters. The Balaban J connectivity index is 3.47. The van der Waals surface area contributed by atoms with Crippen molar-refractivity contribution in [1.82, 2.24) is 4.90 Å². The third-order valence-electron chi connectivity index (χ3n) is 3.04. The van der Waals surface area contributed by atoms with E-state index in [1.165, 1.54) is 26.4 Å². The molecule has 20 heavy (non-hydrogen) atoms. The summed E-state index contributed by atoms with van der Waals surface area (Å²) in [6.45, 7) is 4.68. The number of ether oxygens (including phenoxy) is 2. The van der Waals surface area contributed by atoms with E-state index >= 15 is 0 Å². The van der Waals surface area contributed by atoms with Crippen molar-refractivity contribution in [2.75, 3.05) is 27.3 Å². The van der Waals surface area contributed by atoms with Crippen LogP contribution in [0.4, 0.5) is 0 Å². The van der Waals surface area contributed by atoms with Crippen LogP contribution >= 0.6 is 0 Å². The van der Waals surface area contributed by atoms with Crippen molar-refractivity contribution >= 4 is 11.9 Å². The zero-order valence-electron chi connectivity index (χ0n) is 12.1. The Morgan fingerprint density at radius 3 is 2.15 bits per heavy atom. The topological polar surface area (TPSA) is 76.1 Å². The number of carbonyl (C=O) groups is 2. The molecule has 0 spiro atoms. The van der Waals surface area contributed by atoms with E-state index in [2.05, 4.69) is 0 Å². The number of amides is 1. The normalized spacial score (nSPS) is 10.0. The first-order chi connectivity index (χ1) is 9.51. The Bertz CT molecular complexity index is 509. The van der Waals surface area contributed by atoms with E-state index in [0.29, 0.717) is 13.1 Å². The Morgan fingerprint density at radius 2 is 1.75 bits per heavy atom. The number of hydrogen-bond acceptors (Lipinski definition) is 4. The number of nitrogens with zero attached hydrogens (tertiary/aromatic N) is 1. The molecule has 1 rings (SSSR count). The molecule has 1 amide bonds. The minimum atomic E-state index is -1.23. The molecule has 0 unspecified atom stereocenters. The Hall–Kier alpha value is -2.24. The van der Waals surface area contributed by atoms with Gasteiger partial charge in [-0.2, -0.15) is 0 Å². The predicted octanol–water partition coefficient (Wildman–Crippen LogP) is 1.88. The molecule has 0 fully saturated rings. The molecule has 0 aromatic heterocycles. The highest BCUT2D eigenvalue weighted by Crippen LogP contribution is 2.34. The van der Waals surface area contributed by atoms with Crippen LogP contribution in [0.1, 0.15) is 34.6 Å². The van der Waals surface area contributed by atoms with Crippen LogP contribution in [-0.2, 0) is 0 Å². The second kappa shape index (κ2) is 6.79. The lowest BCUT2D eigenvalue weighted by Gasteiger charge is -2.21. The van der Waals surface area contributed by atoms with Crippen LogP contribution in [0.5, 0.6) is 11.5 Å². The monoisotopic (exact) mass is 281 g/mol. The first-order valence-corrected chi connectivity index (χ1v) is 6.29. The quantitative estimate of drug-likeness (QED) is 0.861. The molecule has 6 heteroatoms. The maximum Gasteiger partial charge on any atom is 0.340 e. The molecule has 6 nitrogen and oxygen atoms in total. The van der Waals surface area contributed by atoms with Crippen LogP contribution in [-0.4, -0.2) is 49.2 Å². The summed E-state index contributed by atoms with van der Waals surface area (Å²) in [6.07, 6.45) is 0. The van der Waals surface area contributed by atoms with Crippen LogP contribution < -0.4 is 9.47 Å². The Labute approximate surface area is 117 Å². The van der Waals surface area contributed by atoms with Crippen molar-refractivity contribution in [3.8, 4) is 11.5 Å². The Morgan fingerprint density at radius 1 is 1.15 bits per heavy atom. The van der Waals surface area contributed by atoms with Crippen LogP contribution in [0.3, 0.4) is 0 Å². The van der Waals surface area contributed by atoms with E-state index in [4.69, 9.17) is 9.47 Å². The lowest BCUT2D eigenvalue weighted by molar-refractivity contribution is 0.0673. The third kappa shape index (κ3) is 2.84. The summed E-state index contributed by atoms with van der Waals surface area (Å²) >= 11 is 0. The number of carboxylic acid groups (broad SMARTS) is 1. The largest absolute Gasteiger partial charge is 0.493 e. The van der Waals surface area contributed by atoms with Crippen molar-refractivity contribution in [2.24, 2.45) is 0 Å². The molecule has 0 heterocycles. The molecule has 0 bridgehead atoms. The third-order valence-corrected chi connectivity index (χ3v) is 3.04. The number of hydrogen-bond donors (Lipinski definition) is 1. The molecule has 0 saturated carbocycles. The Kier molecular flexibility index (Phi) is 5.37. The zero-order valence-corrected chi connectivity index (χ0v) is 12.1. The van der Waals surface area contributed by atoms with Gasteiger partial charge in [0.25, 0.3) is 5.91 Å². The lowest BCUT2D eigenvalue weighted by atomic mass is 10.0. The lowest BCUT2D eigenvalue weighted by Crippen LogP contribution is -2.31. The van der Waals surface area contributed by atoms with Gasteiger partial charge in [-0.05, 0) is 26.0 Å². The summed E-state index contributed by atoms with van der Waals surface area (Å²) < 4.78 is 10.2. The van der Waals surface area contributed by atoms with E-state index < -0.39 is 5.97 Å². The summed E-state index contributed by atoms with van der Waals surface area (Å²) in [5.41, 5.74) is -0.0809. The molecule has 0 saturated heterocycles. The fraction of sp³-hybridized carbons (Fsp3) is 0.429. The minimum Gasteiger partial charge on any atom is -0.493 e. The molecule has 0 aliphatic carbocycles. The second-order valence-electron chi connectivity index (χ2n) is 4.01. The van der Waals surface area contributed by atoms with Crippen LogP contribution in [0.25, 0.3) is 0 Å². The highest BCUT2D eigenvalue weighted by Gasteiger charge is 2.26. The van der Waals surface area contributed by atoms with Gasteiger partial charge >= 0.3 is 5.97 Å². The fourth-order valence-corrected chi connectivity index (χ4v) is 2.00. The van der Waals surface area contributed by atoms with E-state index in [9.17, 15) is 14.7 Å². The van der Waals surface area contributed by atoms with Gasteiger partial charge in [0.05, 0.1) is 19.8 Å². The van der Waals surface area contributed by atoms with Crippen molar-refractivity contribution in [1.29, 1.82) is 0 Å². The standard InChI is InChI=1S/C14H19NO5/c1-5-15(6-2)13(16)9-7-8-10(19-3)12(20-4)11(9)14(17)18/h7-8H,5-6H2,1-4H3,(H,17,18). The van der Waals surface area contributed by atoms with E-state index in [0.717, 1.165) is 0 Å². The number of carboxylic acids is 1. The number of carbonyl (C=O) groups excluding carboxylic acids is 1. The van der Waals surface area contributed by atoms with Gasteiger partial charge in [0.1, 0.15) is 5.56 Å². The molecule has 1 aromatic rings.